The summed E-state index contributed by atoms with van der Waals surface area (Å²) in [5.41, 5.74) is 4.64. The Hall–Kier alpha value is -2.62. The number of aromatic nitrogens is 4. The number of hydrogen-bond acceptors (Lipinski definition) is 1. The van der Waals surface area contributed by atoms with Gasteiger partial charge in [0, 0.05) is 17.8 Å². The SMILES string of the molecule is [2H]C([2H])([2H])n1c2[n+](c3c1cc1ccncn13)Cc1ccccc1-2. The van der Waals surface area contributed by atoms with Crippen LogP contribution in [0.25, 0.3) is 28.1 Å². The van der Waals surface area contributed by atoms with Gasteiger partial charge < -0.3 is 0 Å². The Bertz CT molecular complexity index is 1090. The number of benzene rings is 1. The molecule has 0 saturated carbocycles. The molecule has 0 spiro atoms. The highest BCUT2D eigenvalue weighted by Crippen LogP contribution is 2.31. The van der Waals surface area contributed by atoms with E-state index in [1.807, 2.05) is 40.8 Å². The van der Waals surface area contributed by atoms with Crippen molar-refractivity contribution in [3.05, 3.63) is 54.5 Å². The Labute approximate surface area is 119 Å². The van der Waals surface area contributed by atoms with Crippen LogP contribution in [0, 0.1) is 0 Å². The predicted octanol–water partition coefficient (Wildman–Crippen LogP) is 2.14. The molecule has 0 radical (unpaired) electrons. The molecule has 4 heterocycles. The molecule has 4 aromatic rings. The lowest BCUT2D eigenvalue weighted by Gasteiger charge is -1.96. The predicted molar refractivity (Wildman–Crippen MR) is 76.4 cm³/mol. The van der Waals surface area contributed by atoms with Gasteiger partial charge in [-0.05, 0) is 12.1 Å². The smallest absolute Gasteiger partial charge is 0.256 e. The van der Waals surface area contributed by atoms with Gasteiger partial charge in [0.1, 0.15) is 5.52 Å². The largest absolute Gasteiger partial charge is 0.275 e. The summed E-state index contributed by atoms with van der Waals surface area (Å²) in [6, 6.07) is 11.8. The fraction of sp³-hybridized carbons (Fsp3) is 0.125. The van der Waals surface area contributed by atoms with Gasteiger partial charge in [-0.2, -0.15) is 0 Å². The molecule has 1 aromatic carbocycles. The topological polar surface area (TPSA) is 26.1 Å². The van der Waals surface area contributed by atoms with Gasteiger partial charge in [0.2, 0.25) is 5.82 Å². The Kier molecular flexibility index (Phi) is 1.29. The van der Waals surface area contributed by atoms with Gasteiger partial charge in [0.15, 0.2) is 11.8 Å². The summed E-state index contributed by atoms with van der Waals surface area (Å²) < 4.78 is 29.5. The minimum Gasteiger partial charge on any atom is -0.256 e. The summed E-state index contributed by atoms with van der Waals surface area (Å²) >= 11 is 0. The highest BCUT2D eigenvalue weighted by molar-refractivity contribution is 5.82. The molecular weight excluding hydrogens is 248 g/mol. The van der Waals surface area contributed by atoms with Gasteiger partial charge in [-0.25, -0.2) is 14.0 Å². The Morgan fingerprint density at radius 2 is 2.25 bits per heavy atom. The molecule has 4 heteroatoms. The third kappa shape index (κ3) is 1.04. The first-order valence-electron chi connectivity index (χ1n) is 8.04. The third-order valence-corrected chi connectivity index (χ3v) is 4.08. The maximum absolute atomic E-state index is 8.01. The van der Waals surface area contributed by atoms with E-state index in [-0.39, 0.29) is 0 Å². The van der Waals surface area contributed by atoms with Crippen molar-refractivity contribution in [2.75, 3.05) is 0 Å². The fourth-order valence-corrected chi connectivity index (χ4v) is 3.22. The molecule has 5 rings (SSSR count). The monoisotopic (exact) mass is 264 g/mol. The van der Waals surface area contributed by atoms with E-state index in [0.717, 1.165) is 28.1 Å². The van der Waals surface area contributed by atoms with Gasteiger partial charge in [0.25, 0.3) is 5.65 Å². The second kappa shape index (κ2) is 3.28. The molecular formula is C16H13N4+. The number of fused-ring (bicyclic) bond motifs is 7. The summed E-state index contributed by atoms with van der Waals surface area (Å²) in [4.78, 5) is 4.18. The Balaban J connectivity index is 2.01. The Morgan fingerprint density at radius 1 is 1.30 bits per heavy atom. The summed E-state index contributed by atoms with van der Waals surface area (Å²) in [6.07, 6.45) is 3.45. The third-order valence-electron chi connectivity index (χ3n) is 4.08. The second-order valence-corrected chi connectivity index (χ2v) is 5.13. The lowest BCUT2D eigenvalue weighted by atomic mass is 10.1. The number of rotatable bonds is 0. The van der Waals surface area contributed by atoms with Crippen LogP contribution in [0.2, 0.25) is 0 Å². The van der Waals surface area contributed by atoms with E-state index in [9.17, 15) is 0 Å². The molecule has 0 aliphatic carbocycles. The summed E-state index contributed by atoms with van der Waals surface area (Å²) in [5, 5.41) is 0. The van der Waals surface area contributed by atoms with Gasteiger partial charge in [0.05, 0.1) is 23.2 Å². The van der Waals surface area contributed by atoms with Crippen LogP contribution in [-0.2, 0) is 13.5 Å². The molecule has 1 aliphatic heterocycles. The average Bonchev–Trinajstić information content (AvgIpc) is 3.12. The summed E-state index contributed by atoms with van der Waals surface area (Å²) in [7, 11) is 0. The lowest BCUT2D eigenvalue weighted by Crippen LogP contribution is -2.32. The first kappa shape index (κ1) is 7.85. The van der Waals surface area contributed by atoms with E-state index in [1.54, 1.807) is 12.5 Å². The van der Waals surface area contributed by atoms with E-state index in [4.69, 9.17) is 4.11 Å². The molecule has 3 aromatic heterocycles. The maximum Gasteiger partial charge on any atom is 0.275 e. The first-order chi connectivity index (χ1) is 11.1. The number of hydrogen-bond donors (Lipinski definition) is 0. The number of nitrogens with zero attached hydrogens (tertiary/aromatic N) is 4. The van der Waals surface area contributed by atoms with Crippen molar-refractivity contribution in [3.63, 3.8) is 0 Å². The fourth-order valence-electron chi connectivity index (χ4n) is 3.22. The summed E-state index contributed by atoms with van der Waals surface area (Å²) in [6.45, 7) is -1.57. The van der Waals surface area contributed by atoms with E-state index >= 15 is 0 Å². The number of aryl methyl sites for hydroxylation is 1. The van der Waals surface area contributed by atoms with Crippen LogP contribution in [0.5, 0.6) is 0 Å². The van der Waals surface area contributed by atoms with Crippen LogP contribution in [0.1, 0.15) is 9.68 Å². The van der Waals surface area contributed by atoms with Crippen molar-refractivity contribution < 1.29 is 8.68 Å². The molecule has 4 nitrogen and oxygen atoms in total. The van der Waals surface area contributed by atoms with Crippen LogP contribution in [0.15, 0.2) is 48.9 Å². The maximum atomic E-state index is 8.01. The zero-order valence-electron chi connectivity index (χ0n) is 13.6. The lowest BCUT2D eigenvalue weighted by molar-refractivity contribution is -0.648. The molecule has 0 N–H and O–H groups in total. The van der Waals surface area contributed by atoms with Gasteiger partial charge in [-0.15, -0.1) is 0 Å². The van der Waals surface area contributed by atoms with E-state index in [0.29, 0.717) is 12.1 Å². The zero-order chi connectivity index (χ0) is 15.8. The summed E-state index contributed by atoms with van der Waals surface area (Å²) in [5.74, 6) is 0.740. The molecule has 96 valence electrons. The van der Waals surface area contributed by atoms with Crippen LogP contribution in [0.4, 0.5) is 0 Å². The molecule has 0 saturated heterocycles. The minimum absolute atomic E-state index is 0.673. The molecule has 20 heavy (non-hydrogen) atoms. The van der Waals surface area contributed by atoms with Crippen molar-refractivity contribution in [1.29, 1.82) is 0 Å². The van der Waals surface area contributed by atoms with Crippen LogP contribution in [0.3, 0.4) is 0 Å². The molecule has 0 fully saturated rings. The normalized spacial score (nSPS) is 15.9. The molecule has 0 unspecified atom stereocenters. The van der Waals surface area contributed by atoms with Crippen molar-refractivity contribution in [3.8, 4) is 11.4 Å². The van der Waals surface area contributed by atoms with Gasteiger partial charge in [-0.3, -0.25) is 4.57 Å². The Morgan fingerprint density at radius 3 is 3.20 bits per heavy atom. The van der Waals surface area contributed by atoms with Crippen LogP contribution < -0.4 is 4.57 Å². The second-order valence-electron chi connectivity index (χ2n) is 5.13. The van der Waals surface area contributed by atoms with Crippen molar-refractivity contribution in [2.24, 2.45) is 6.98 Å². The van der Waals surface area contributed by atoms with Crippen LogP contribution >= 0.6 is 0 Å². The molecule has 0 bridgehead atoms. The molecule has 0 atom stereocenters. The highest BCUT2D eigenvalue weighted by Gasteiger charge is 2.32. The zero-order valence-corrected chi connectivity index (χ0v) is 10.6. The van der Waals surface area contributed by atoms with E-state index in [1.165, 1.54) is 4.57 Å². The average molecular weight is 264 g/mol. The number of imidazole rings is 1. The van der Waals surface area contributed by atoms with Gasteiger partial charge in [-0.1, -0.05) is 18.2 Å². The quantitative estimate of drug-likeness (QED) is 0.394. The van der Waals surface area contributed by atoms with Crippen molar-refractivity contribution in [1.82, 2.24) is 14.0 Å². The van der Waals surface area contributed by atoms with Gasteiger partial charge >= 0.3 is 0 Å². The van der Waals surface area contributed by atoms with Crippen molar-refractivity contribution in [2.45, 2.75) is 6.54 Å². The van der Waals surface area contributed by atoms with E-state index < -0.39 is 6.98 Å². The minimum atomic E-state index is -2.24. The van der Waals surface area contributed by atoms with Crippen LogP contribution in [-0.4, -0.2) is 14.0 Å². The highest BCUT2D eigenvalue weighted by atomic mass is 15.2. The molecule has 1 aliphatic rings. The van der Waals surface area contributed by atoms with Crippen molar-refractivity contribution >= 4 is 16.7 Å². The molecule has 0 amide bonds. The standard InChI is InChI=1S/C16H13N4/c1-18-14-8-12-6-7-17-10-20(12)16(14)19-9-11-4-2-3-5-13(11)15(18)19/h2-8,10H,9H2,1H3/q+1/i1D3. The first-order valence-corrected chi connectivity index (χ1v) is 6.54. The van der Waals surface area contributed by atoms with E-state index in [2.05, 4.69) is 9.55 Å².